The quantitative estimate of drug-likeness (QED) is 0.625. The minimum Gasteiger partial charge on any atom is -0.362 e. The van der Waals surface area contributed by atoms with E-state index in [9.17, 15) is 9.59 Å². The first-order valence-electron chi connectivity index (χ1n) is 4.76. The van der Waals surface area contributed by atoms with Crippen LogP contribution < -0.4 is 5.43 Å². The van der Waals surface area contributed by atoms with Gasteiger partial charge in [-0.05, 0) is 30.4 Å². The van der Waals surface area contributed by atoms with Gasteiger partial charge in [-0.25, -0.2) is 0 Å². The Morgan fingerprint density at radius 3 is 3.00 bits per heavy atom. The second kappa shape index (κ2) is 4.72. The molecule has 1 fully saturated rings. The minimum absolute atomic E-state index is 0.315. The van der Waals surface area contributed by atoms with E-state index in [1.165, 1.54) is 6.92 Å². The van der Waals surface area contributed by atoms with Crippen molar-refractivity contribution in [2.75, 3.05) is 0 Å². The maximum absolute atomic E-state index is 11.9. The van der Waals surface area contributed by atoms with Crippen LogP contribution in [-0.4, -0.2) is 26.1 Å². The highest BCUT2D eigenvalue weighted by Crippen LogP contribution is 2.30. The van der Waals surface area contributed by atoms with Crippen molar-refractivity contribution < 1.29 is 9.59 Å². The number of carbonyl (C=O) groups excluding carboxylic acids is 2. The van der Waals surface area contributed by atoms with Crippen LogP contribution >= 0.6 is 24.0 Å². The Hall–Kier alpha value is -1.60. The molecule has 1 aliphatic heterocycles. The molecular weight excluding hydrogens is 258 g/mol. The first-order chi connectivity index (χ1) is 8.08. The van der Waals surface area contributed by atoms with Gasteiger partial charge in [0.1, 0.15) is 0 Å². The summed E-state index contributed by atoms with van der Waals surface area (Å²) in [5, 5.41) is 1.08. The van der Waals surface area contributed by atoms with E-state index in [0.717, 1.165) is 22.5 Å². The summed E-state index contributed by atoms with van der Waals surface area (Å²) in [4.78, 5) is 26.3. The van der Waals surface area contributed by atoms with Crippen LogP contribution in [-0.2, 0) is 9.59 Å². The van der Waals surface area contributed by atoms with Crippen molar-refractivity contribution in [1.82, 2.24) is 15.4 Å². The summed E-state index contributed by atoms with van der Waals surface area (Å²) < 4.78 is 0.322. The number of nitrogens with one attached hydrogen (secondary N) is 2. The van der Waals surface area contributed by atoms with Crippen molar-refractivity contribution in [3.63, 3.8) is 0 Å². The number of H-pyrrole nitrogens is 1. The third kappa shape index (κ3) is 2.56. The van der Waals surface area contributed by atoms with Gasteiger partial charge in [0.2, 0.25) is 5.91 Å². The van der Waals surface area contributed by atoms with E-state index in [-0.39, 0.29) is 11.8 Å². The fourth-order valence-electron chi connectivity index (χ4n) is 1.30. The topological polar surface area (TPSA) is 65.2 Å². The summed E-state index contributed by atoms with van der Waals surface area (Å²) in [5.41, 5.74) is 3.20. The highest BCUT2D eigenvalue weighted by Gasteiger charge is 2.32. The predicted molar refractivity (Wildman–Crippen MR) is 69.6 cm³/mol. The summed E-state index contributed by atoms with van der Waals surface area (Å²) in [6, 6.07) is 3.67. The zero-order valence-electron chi connectivity index (χ0n) is 8.89. The second-order valence-corrected chi connectivity index (χ2v) is 4.99. The predicted octanol–water partition coefficient (Wildman–Crippen LogP) is 1.27. The molecule has 5 nitrogen and oxygen atoms in total. The Bertz CT molecular complexity index is 508. The van der Waals surface area contributed by atoms with E-state index in [1.807, 2.05) is 12.1 Å². The zero-order chi connectivity index (χ0) is 12.4. The molecule has 1 aliphatic rings. The number of aromatic amines is 1. The number of thiocarbonyl (C=S) groups is 1. The molecule has 2 rings (SSSR count). The van der Waals surface area contributed by atoms with Crippen LogP contribution in [0.3, 0.4) is 0 Å². The Morgan fingerprint density at radius 2 is 2.41 bits per heavy atom. The Balaban J connectivity index is 2.21. The number of thioether (sulfide) groups is 1. The second-order valence-electron chi connectivity index (χ2n) is 3.31. The van der Waals surface area contributed by atoms with Crippen LogP contribution in [0, 0.1) is 0 Å². The zero-order valence-corrected chi connectivity index (χ0v) is 10.5. The SMILES string of the molecule is CC(=O)NN1C(=O)/C(=C/c2ccc[nH]2)SC1=S. The lowest BCUT2D eigenvalue weighted by Crippen LogP contribution is -2.43. The van der Waals surface area contributed by atoms with Gasteiger partial charge in [0, 0.05) is 18.8 Å². The van der Waals surface area contributed by atoms with Crippen LogP contribution in [0.5, 0.6) is 0 Å². The molecule has 0 aromatic carbocycles. The van der Waals surface area contributed by atoms with Crippen molar-refractivity contribution in [1.29, 1.82) is 0 Å². The molecule has 0 atom stereocenters. The van der Waals surface area contributed by atoms with Gasteiger partial charge in [-0.3, -0.25) is 15.0 Å². The van der Waals surface area contributed by atoms with Gasteiger partial charge in [-0.2, -0.15) is 5.01 Å². The maximum Gasteiger partial charge on any atom is 0.285 e. The van der Waals surface area contributed by atoms with Gasteiger partial charge >= 0.3 is 0 Å². The van der Waals surface area contributed by atoms with Gasteiger partial charge in [0.15, 0.2) is 4.32 Å². The van der Waals surface area contributed by atoms with Crippen LogP contribution in [0.25, 0.3) is 6.08 Å². The average molecular weight is 267 g/mol. The summed E-state index contributed by atoms with van der Waals surface area (Å²) in [6.45, 7) is 1.33. The summed E-state index contributed by atoms with van der Waals surface area (Å²) >= 11 is 6.17. The lowest BCUT2D eigenvalue weighted by Gasteiger charge is -2.13. The molecule has 2 heterocycles. The van der Waals surface area contributed by atoms with Gasteiger partial charge in [-0.1, -0.05) is 11.8 Å². The summed E-state index contributed by atoms with van der Waals surface area (Å²) in [7, 11) is 0. The highest BCUT2D eigenvalue weighted by molar-refractivity contribution is 8.26. The molecule has 0 spiro atoms. The maximum atomic E-state index is 11.9. The summed E-state index contributed by atoms with van der Waals surface area (Å²) in [6.07, 6.45) is 3.46. The fourth-order valence-corrected chi connectivity index (χ4v) is 2.47. The first kappa shape index (κ1) is 11.9. The molecule has 0 aliphatic carbocycles. The number of carbonyl (C=O) groups is 2. The minimum atomic E-state index is -0.331. The number of aromatic nitrogens is 1. The third-order valence-corrected chi connectivity index (χ3v) is 3.27. The number of hydrogen-bond donors (Lipinski definition) is 2. The molecule has 0 unspecified atom stereocenters. The molecule has 1 aromatic heterocycles. The van der Waals surface area contributed by atoms with Crippen molar-refractivity contribution in [3.05, 3.63) is 28.9 Å². The van der Waals surface area contributed by atoms with Gasteiger partial charge in [0.05, 0.1) is 4.91 Å². The largest absolute Gasteiger partial charge is 0.362 e. The Morgan fingerprint density at radius 1 is 1.65 bits per heavy atom. The normalized spacial score (nSPS) is 17.9. The van der Waals surface area contributed by atoms with Crippen LogP contribution in [0.2, 0.25) is 0 Å². The number of hydrazine groups is 1. The number of rotatable bonds is 2. The van der Waals surface area contributed by atoms with E-state index >= 15 is 0 Å². The van der Waals surface area contributed by atoms with Crippen LogP contribution in [0.4, 0.5) is 0 Å². The van der Waals surface area contributed by atoms with E-state index in [2.05, 4.69) is 10.4 Å². The molecule has 17 heavy (non-hydrogen) atoms. The van der Waals surface area contributed by atoms with E-state index in [0.29, 0.717) is 9.23 Å². The molecule has 1 saturated heterocycles. The van der Waals surface area contributed by atoms with Crippen molar-refractivity contribution >= 4 is 46.2 Å². The lowest BCUT2D eigenvalue weighted by molar-refractivity contribution is -0.131. The molecule has 0 radical (unpaired) electrons. The number of amides is 2. The van der Waals surface area contributed by atoms with E-state index in [4.69, 9.17) is 12.2 Å². The Labute approximate surface area is 107 Å². The molecule has 1 aromatic rings. The van der Waals surface area contributed by atoms with Crippen molar-refractivity contribution in [2.24, 2.45) is 0 Å². The van der Waals surface area contributed by atoms with Gasteiger partial charge in [-0.15, -0.1) is 0 Å². The van der Waals surface area contributed by atoms with Crippen LogP contribution in [0.1, 0.15) is 12.6 Å². The standard InChI is InChI=1S/C10H9N3O2S2/c1-6(14)12-13-9(15)8(17-10(13)16)5-7-3-2-4-11-7/h2-5,11H,1H3,(H,12,14)/b8-5-. The van der Waals surface area contributed by atoms with Gasteiger partial charge < -0.3 is 4.98 Å². The number of hydrogen-bond acceptors (Lipinski definition) is 4. The first-order valence-corrected chi connectivity index (χ1v) is 5.99. The monoisotopic (exact) mass is 267 g/mol. The number of nitrogens with zero attached hydrogens (tertiary/aromatic N) is 1. The third-order valence-electron chi connectivity index (χ3n) is 1.97. The van der Waals surface area contributed by atoms with Gasteiger partial charge in [0.25, 0.3) is 5.91 Å². The summed E-state index contributed by atoms with van der Waals surface area (Å²) in [5.74, 6) is -0.646. The van der Waals surface area contributed by atoms with Crippen LogP contribution in [0.15, 0.2) is 23.2 Å². The molecule has 2 amide bonds. The molecular formula is C10H9N3O2S2. The molecule has 7 heteroatoms. The molecule has 88 valence electrons. The molecule has 0 saturated carbocycles. The molecule has 0 bridgehead atoms. The lowest BCUT2D eigenvalue weighted by atomic mass is 10.3. The average Bonchev–Trinajstić information content (AvgIpc) is 2.83. The highest BCUT2D eigenvalue weighted by atomic mass is 32.2. The van der Waals surface area contributed by atoms with E-state index < -0.39 is 0 Å². The smallest absolute Gasteiger partial charge is 0.285 e. The Kier molecular flexibility index (Phi) is 3.30. The van der Waals surface area contributed by atoms with Crippen molar-refractivity contribution in [2.45, 2.75) is 6.92 Å². The molecule has 2 N–H and O–H groups in total. The van der Waals surface area contributed by atoms with E-state index in [1.54, 1.807) is 12.3 Å². The van der Waals surface area contributed by atoms with Crippen molar-refractivity contribution in [3.8, 4) is 0 Å². The fraction of sp³-hybridized carbons (Fsp3) is 0.100.